The molecule has 6 heteroatoms. The van der Waals surface area contributed by atoms with Gasteiger partial charge in [0, 0.05) is 19.3 Å². The number of carbonyl (C=O) groups is 3. The minimum atomic E-state index is -0.847. The first-order valence-corrected chi connectivity index (χ1v) is 25.4. The van der Waals surface area contributed by atoms with Crippen molar-refractivity contribution in [2.45, 2.75) is 168 Å². The van der Waals surface area contributed by atoms with Crippen LogP contribution in [0.3, 0.4) is 0 Å². The van der Waals surface area contributed by atoms with Crippen LogP contribution in [0.1, 0.15) is 162 Å². The molecular weight excluding hydrogens is 829 g/mol. The smallest absolute Gasteiger partial charge is 0.306 e. The Labute approximate surface area is 408 Å². The predicted octanol–water partition coefficient (Wildman–Crippen LogP) is 17.0. The molecule has 1 unspecified atom stereocenters. The Balaban J connectivity index is 4.63. The van der Waals surface area contributed by atoms with Gasteiger partial charge in [-0.3, -0.25) is 14.4 Å². The standard InChI is InChI=1S/C61H88O6/c1-4-7-10-13-16-19-22-25-27-29-30-32-33-36-39-42-45-48-51-54-60(63)66-57-58(56-65-59(62)53-50-47-44-41-38-35-24-21-18-15-12-9-6-3)67-61(64)55-52-49-46-43-40-37-34-31-28-26-23-20-17-14-11-8-5-2/h7-12,14-21,23-28,30-32,34-35,37-38,40-41,44,58H,4-6,13,22,29,33,36,39,42-43,45-57H2,1-3H3/b10-7+,11-8+,12-9+,17-14+,18-15+,19-16+,23-20+,24-21+,27-25+,28-26+,32-30+,34-31+,38-35+,40-37+,44-41+. The molecule has 67 heavy (non-hydrogen) atoms. The van der Waals surface area contributed by atoms with Crippen LogP contribution in [0.5, 0.6) is 0 Å². The summed E-state index contributed by atoms with van der Waals surface area (Å²) in [6.45, 7) is 6.08. The molecule has 0 saturated heterocycles. The molecule has 368 valence electrons. The van der Waals surface area contributed by atoms with Crippen molar-refractivity contribution in [3.05, 3.63) is 182 Å². The topological polar surface area (TPSA) is 78.9 Å². The Morgan fingerprint density at radius 2 is 0.627 bits per heavy atom. The highest BCUT2D eigenvalue weighted by Crippen LogP contribution is 2.12. The third-order valence-corrected chi connectivity index (χ3v) is 9.68. The SMILES string of the molecule is CC/C=C/C=C/C=C/C=C/C=C/C=C/CCCCCC(=O)OC(COC(=O)CCC/C=C/C=C/C=C/C=C/C=C/CC)COC(=O)CCCCCCCC/C=C/C/C=C/C/C=C/C/C=C/CC. The van der Waals surface area contributed by atoms with Crippen molar-refractivity contribution in [3.63, 3.8) is 0 Å². The molecular formula is C61H88O6. The maximum absolute atomic E-state index is 12.8. The molecule has 1 atom stereocenters. The maximum Gasteiger partial charge on any atom is 0.306 e. The average Bonchev–Trinajstić information content (AvgIpc) is 3.33. The maximum atomic E-state index is 12.8. The number of esters is 3. The van der Waals surface area contributed by atoms with E-state index in [-0.39, 0.29) is 44.0 Å². The summed E-state index contributed by atoms with van der Waals surface area (Å²) in [5, 5.41) is 0. The molecule has 0 aromatic rings. The van der Waals surface area contributed by atoms with Crippen LogP contribution in [0.4, 0.5) is 0 Å². The van der Waals surface area contributed by atoms with Crippen molar-refractivity contribution in [2.75, 3.05) is 13.2 Å². The fourth-order valence-electron chi connectivity index (χ4n) is 5.96. The van der Waals surface area contributed by atoms with Crippen LogP contribution in [-0.2, 0) is 28.6 Å². The minimum absolute atomic E-state index is 0.138. The fraction of sp³-hybridized carbons (Fsp3) is 0.459. The average molecular weight is 917 g/mol. The third kappa shape index (κ3) is 51.4. The van der Waals surface area contributed by atoms with E-state index in [1.165, 1.54) is 12.8 Å². The van der Waals surface area contributed by atoms with E-state index in [4.69, 9.17) is 14.2 Å². The number of hydrogen-bond acceptors (Lipinski definition) is 6. The van der Waals surface area contributed by atoms with Gasteiger partial charge in [-0.15, -0.1) is 0 Å². The molecule has 0 aliphatic carbocycles. The zero-order valence-corrected chi connectivity index (χ0v) is 41.8. The second-order valence-electron chi connectivity index (χ2n) is 15.9. The number of unbranched alkanes of at least 4 members (excludes halogenated alkanes) is 10. The molecule has 0 amide bonds. The van der Waals surface area contributed by atoms with Crippen molar-refractivity contribution in [1.82, 2.24) is 0 Å². The summed E-state index contributed by atoms with van der Waals surface area (Å²) < 4.78 is 16.7. The highest BCUT2D eigenvalue weighted by Gasteiger charge is 2.19. The minimum Gasteiger partial charge on any atom is -0.462 e. The highest BCUT2D eigenvalue weighted by molar-refractivity contribution is 5.71. The number of hydrogen-bond donors (Lipinski definition) is 0. The Hall–Kier alpha value is -5.49. The van der Waals surface area contributed by atoms with E-state index in [2.05, 4.69) is 87.6 Å². The van der Waals surface area contributed by atoms with Gasteiger partial charge in [0.1, 0.15) is 13.2 Å². The number of rotatable bonds is 42. The highest BCUT2D eigenvalue weighted by atomic mass is 16.6. The van der Waals surface area contributed by atoms with Crippen LogP contribution < -0.4 is 0 Å². The fourth-order valence-corrected chi connectivity index (χ4v) is 5.96. The normalized spacial score (nSPS) is 13.7. The molecule has 6 nitrogen and oxygen atoms in total. The van der Waals surface area contributed by atoms with Crippen molar-refractivity contribution in [2.24, 2.45) is 0 Å². The largest absolute Gasteiger partial charge is 0.462 e. The summed E-state index contributed by atoms with van der Waals surface area (Å²) >= 11 is 0. The summed E-state index contributed by atoms with van der Waals surface area (Å²) in [5.41, 5.74) is 0. The Kier molecular flexibility index (Phi) is 48.8. The van der Waals surface area contributed by atoms with E-state index >= 15 is 0 Å². The molecule has 0 rings (SSSR count). The van der Waals surface area contributed by atoms with Gasteiger partial charge < -0.3 is 14.2 Å². The van der Waals surface area contributed by atoms with Gasteiger partial charge in [-0.2, -0.15) is 0 Å². The quantitative estimate of drug-likeness (QED) is 0.0200. The molecule has 0 aromatic heterocycles. The van der Waals surface area contributed by atoms with Gasteiger partial charge in [0.2, 0.25) is 0 Å². The van der Waals surface area contributed by atoms with E-state index < -0.39 is 6.10 Å². The molecule has 0 spiro atoms. The molecule has 0 aliphatic heterocycles. The first-order valence-electron chi connectivity index (χ1n) is 25.4. The second kappa shape index (κ2) is 53.1. The van der Waals surface area contributed by atoms with Gasteiger partial charge >= 0.3 is 17.9 Å². The zero-order chi connectivity index (χ0) is 48.6. The summed E-state index contributed by atoms with van der Waals surface area (Å²) in [6, 6.07) is 0. The van der Waals surface area contributed by atoms with Gasteiger partial charge in [-0.1, -0.05) is 235 Å². The molecule has 0 heterocycles. The number of allylic oxidation sites excluding steroid dienone is 30. The molecule has 0 bridgehead atoms. The molecule has 0 radical (unpaired) electrons. The Morgan fingerprint density at radius 3 is 1.09 bits per heavy atom. The van der Waals surface area contributed by atoms with Gasteiger partial charge in [-0.25, -0.2) is 0 Å². The van der Waals surface area contributed by atoms with Crippen molar-refractivity contribution < 1.29 is 28.6 Å². The molecule has 0 saturated carbocycles. The second-order valence-corrected chi connectivity index (χ2v) is 15.9. The van der Waals surface area contributed by atoms with E-state index in [1.54, 1.807) is 0 Å². The summed E-state index contributed by atoms with van der Waals surface area (Å²) in [5.74, 6) is -1.09. The lowest BCUT2D eigenvalue weighted by Crippen LogP contribution is -2.30. The van der Waals surface area contributed by atoms with Gasteiger partial charge in [0.15, 0.2) is 6.10 Å². The summed E-state index contributed by atoms with van der Waals surface area (Å²) in [6.07, 6.45) is 80.2. The Morgan fingerprint density at radius 1 is 0.313 bits per heavy atom. The monoisotopic (exact) mass is 917 g/mol. The van der Waals surface area contributed by atoms with Crippen LogP contribution >= 0.6 is 0 Å². The van der Waals surface area contributed by atoms with Crippen molar-refractivity contribution in [1.29, 1.82) is 0 Å². The molecule has 0 aliphatic rings. The molecule has 0 N–H and O–H groups in total. The van der Waals surface area contributed by atoms with Gasteiger partial charge in [-0.05, 0) is 89.9 Å². The van der Waals surface area contributed by atoms with E-state index in [0.29, 0.717) is 19.3 Å². The van der Waals surface area contributed by atoms with E-state index in [9.17, 15) is 14.4 Å². The summed E-state index contributed by atoms with van der Waals surface area (Å²) in [7, 11) is 0. The summed E-state index contributed by atoms with van der Waals surface area (Å²) in [4.78, 5) is 38.0. The first kappa shape index (κ1) is 61.5. The number of ether oxygens (including phenoxy) is 3. The third-order valence-electron chi connectivity index (χ3n) is 9.68. The molecule has 0 aromatic carbocycles. The van der Waals surface area contributed by atoms with Crippen molar-refractivity contribution in [3.8, 4) is 0 Å². The van der Waals surface area contributed by atoms with E-state index in [1.807, 2.05) is 115 Å². The lowest BCUT2D eigenvalue weighted by atomic mass is 10.1. The molecule has 0 fully saturated rings. The predicted molar refractivity (Wildman–Crippen MR) is 287 cm³/mol. The van der Waals surface area contributed by atoms with Gasteiger partial charge in [0.05, 0.1) is 0 Å². The zero-order valence-electron chi connectivity index (χ0n) is 41.8. The van der Waals surface area contributed by atoms with Crippen LogP contribution in [0.2, 0.25) is 0 Å². The van der Waals surface area contributed by atoms with E-state index in [0.717, 1.165) is 96.3 Å². The van der Waals surface area contributed by atoms with Crippen LogP contribution in [0, 0.1) is 0 Å². The van der Waals surface area contributed by atoms with Crippen LogP contribution in [-0.4, -0.2) is 37.2 Å². The Bertz CT molecular complexity index is 1670. The van der Waals surface area contributed by atoms with Gasteiger partial charge in [0.25, 0.3) is 0 Å². The lowest BCUT2D eigenvalue weighted by molar-refractivity contribution is -0.167. The van der Waals surface area contributed by atoms with Crippen LogP contribution in [0.15, 0.2) is 182 Å². The van der Waals surface area contributed by atoms with Crippen molar-refractivity contribution >= 4 is 17.9 Å². The number of carbonyl (C=O) groups excluding carboxylic acids is 3. The first-order chi connectivity index (χ1) is 33.0. The van der Waals surface area contributed by atoms with Crippen LogP contribution in [0.25, 0.3) is 0 Å². The lowest BCUT2D eigenvalue weighted by Gasteiger charge is -2.18.